The van der Waals surface area contributed by atoms with Crippen LogP contribution in [0.5, 0.6) is 0 Å². The Morgan fingerprint density at radius 2 is 1.82 bits per heavy atom. The summed E-state index contributed by atoms with van der Waals surface area (Å²) in [6.07, 6.45) is 8.79. The van der Waals surface area contributed by atoms with Gasteiger partial charge in [-0.3, -0.25) is 9.69 Å². The topological polar surface area (TPSA) is 32.3 Å². The van der Waals surface area contributed by atoms with Gasteiger partial charge in [0.05, 0.1) is 12.6 Å². The summed E-state index contributed by atoms with van der Waals surface area (Å²) in [6.45, 7) is 4.79. The molecule has 0 aromatic heterocycles. The zero-order chi connectivity index (χ0) is 15.4. The van der Waals surface area contributed by atoms with Gasteiger partial charge in [0.15, 0.2) is 0 Å². The molecule has 120 valence electrons. The van der Waals surface area contributed by atoms with E-state index in [4.69, 9.17) is 0 Å². The van der Waals surface area contributed by atoms with Crippen LogP contribution in [0.3, 0.4) is 0 Å². The Morgan fingerprint density at radius 3 is 2.59 bits per heavy atom. The number of rotatable bonds is 4. The van der Waals surface area contributed by atoms with Crippen LogP contribution < -0.4 is 5.32 Å². The van der Waals surface area contributed by atoms with Crippen molar-refractivity contribution >= 4 is 5.91 Å². The fourth-order valence-electron chi connectivity index (χ4n) is 3.71. The minimum atomic E-state index is 0.101. The summed E-state index contributed by atoms with van der Waals surface area (Å²) in [5, 5.41) is 3.17. The van der Waals surface area contributed by atoms with Gasteiger partial charge in [0.1, 0.15) is 0 Å². The Bertz CT molecular complexity index is 520. The van der Waals surface area contributed by atoms with E-state index in [0.717, 1.165) is 13.1 Å². The summed E-state index contributed by atoms with van der Waals surface area (Å²) >= 11 is 0. The van der Waals surface area contributed by atoms with Crippen LogP contribution in [0.2, 0.25) is 0 Å². The van der Waals surface area contributed by atoms with Gasteiger partial charge in [-0.2, -0.15) is 0 Å². The quantitative estimate of drug-likeness (QED) is 0.926. The molecule has 3 nitrogen and oxygen atoms in total. The van der Waals surface area contributed by atoms with Crippen molar-refractivity contribution in [3.05, 3.63) is 34.9 Å². The number of hydrogen-bond donors (Lipinski definition) is 1. The number of likely N-dealkylation sites (tertiary alicyclic amines) is 1. The molecule has 1 aliphatic carbocycles. The Kier molecular flexibility index (Phi) is 5.14. The molecule has 1 heterocycles. The van der Waals surface area contributed by atoms with Crippen LogP contribution in [-0.4, -0.2) is 30.4 Å². The first-order valence-corrected chi connectivity index (χ1v) is 8.86. The molecule has 1 fully saturated rings. The lowest BCUT2D eigenvalue weighted by molar-refractivity contribution is -0.123. The molecule has 3 rings (SSSR count). The third-order valence-electron chi connectivity index (χ3n) is 5.07. The maximum atomic E-state index is 12.2. The highest BCUT2D eigenvalue weighted by Crippen LogP contribution is 2.24. The largest absolute Gasteiger partial charge is 0.348 e. The molecule has 1 aromatic rings. The minimum absolute atomic E-state index is 0.101. The highest BCUT2D eigenvalue weighted by atomic mass is 16.2. The van der Waals surface area contributed by atoms with Gasteiger partial charge in [-0.05, 0) is 75.2 Å². The molecule has 1 aliphatic heterocycles. The summed E-state index contributed by atoms with van der Waals surface area (Å²) in [4.78, 5) is 14.5. The molecule has 2 aliphatic rings. The smallest absolute Gasteiger partial charge is 0.234 e. The Balaban J connectivity index is 1.56. The van der Waals surface area contributed by atoms with E-state index >= 15 is 0 Å². The minimum Gasteiger partial charge on any atom is -0.348 e. The lowest BCUT2D eigenvalue weighted by Gasteiger charge is -2.26. The molecule has 1 aromatic carbocycles. The van der Waals surface area contributed by atoms with Crippen LogP contribution in [-0.2, 0) is 17.6 Å². The predicted octanol–water partition coefficient (Wildman–Crippen LogP) is 3.23. The summed E-state index contributed by atoms with van der Waals surface area (Å²) < 4.78 is 0. The van der Waals surface area contributed by atoms with E-state index in [2.05, 4.69) is 35.3 Å². The zero-order valence-corrected chi connectivity index (χ0v) is 13.7. The van der Waals surface area contributed by atoms with Crippen LogP contribution in [0.25, 0.3) is 0 Å². The highest BCUT2D eigenvalue weighted by Gasteiger charge is 2.17. The molecule has 0 spiro atoms. The summed E-state index contributed by atoms with van der Waals surface area (Å²) in [5.74, 6) is 0.159. The van der Waals surface area contributed by atoms with Crippen molar-refractivity contribution in [3.8, 4) is 0 Å². The number of fused-ring (bicyclic) bond motifs is 1. The average Bonchev–Trinajstić information content (AvgIpc) is 2.55. The molecule has 0 unspecified atom stereocenters. The summed E-state index contributed by atoms with van der Waals surface area (Å²) in [5.41, 5.74) is 4.23. The van der Waals surface area contributed by atoms with Gasteiger partial charge in [-0.15, -0.1) is 0 Å². The molecule has 22 heavy (non-hydrogen) atoms. The molecule has 0 bridgehead atoms. The molecule has 0 radical (unpaired) electrons. The van der Waals surface area contributed by atoms with Crippen LogP contribution >= 0.6 is 0 Å². The van der Waals surface area contributed by atoms with E-state index in [0.29, 0.717) is 6.54 Å². The Hall–Kier alpha value is -1.35. The molecular formula is C19H28N2O. The number of benzene rings is 1. The van der Waals surface area contributed by atoms with Crippen LogP contribution in [0, 0.1) is 0 Å². The standard InChI is InChI=1S/C19H28N2O/c1-15(20-19(22)14-21-11-5-2-6-12-21)17-10-9-16-7-3-4-8-18(16)13-17/h9-10,13,15H,2-8,11-12,14H2,1H3,(H,20,22)/t15-/m0/s1. The number of amides is 1. The first-order chi connectivity index (χ1) is 10.7. The second-order valence-electron chi connectivity index (χ2n) is 6.86. The predicted molar refractivity (Wildman–Crippen MR) is 89.9 cm³/mol. The highest BCUT2D eigenvalue weighted by molar-refractivity contribution is 5.78. The zero-order valence-electron chi connectivity index (χ0n) is 13.7. The third kappa shape index (κ3) is 3.89. The molecular weight excluding hydrogens is 272 g/mol. The summed E-state index contributed by atoms with van der Waals surface area (Å²) in [6, 6.07) is 6.86. The average molecular weight is 300 g/mol. The van der Waals surface area contributed by atoms with Crippen molar-refractivity contribution in [1.82, 2.24) is 10.2 Å². The normalized spacial score (nSPS) is 20.2. The summed E-state index contributed by atoms with van der Waals surface area (Å²) in [7, 11) is 0. The van der Waals surface area contributed by atoms with Gasteiger partial charge in [0.2, 0.25) is 5.91 Å². The number of aryl methyl sites for hydroxylation is 2. The van der Waals surface area contributed by atoms with Gasteiger partial charge in [-0.1, -0.05) is 24.6 Å². The molecule has 1 N–H and O–H groups in total. The number of carbonyl (C=O) groups excluding carboxylic acids is 1. The first kappa shape index (κ1) is 15.5. The monoisotopic (exact) mass is 300 g/mol. The van der Waals surface area contributed by atoms with Crippen LogP contribution in [0.4, 0.5) is 0 Å². The second kappa shape index (κ2) is 7.28. The lowest BCUT2D eigenvalue weighted by atomic mass is 9.89. The van der Waals surface area contributed by atoms with Crippen LogP contribution in [0.15, 0.2) is 18.2 Å². The van der Waals surface area contributed by atoms with Crippen molar-refractivity contribution < 1.29 is 4.79 Å². The fraction of sp³-hybridized carbons (Fsp3) is 0.632. The van der Waals surface area contributed by atoms with Gasteiger partial charge in [-0.25, -0.2) is 0 Å². The van der Waals surface area contributed by atoms with Crippen molar-refractivity contribution in [2.75, 3.05) is 19.6 Å². The number of nitrogens with zero attached hydrogens (tertiary/aromatic N) is 1. The van der Waals surface area contributed by atoms with E-state index in [-0.39, 0.29) is 11.9 Å². The SMILES string of the molecule is C[C@H](NC(=O)CN1CCCCC1)c1ccc2c(c1)CCCC2. The van der Waals surface area contributed by atoms with Gasteiger partial charge < -0.3 is 5.32 Å². The first-order valence-electron chi connectivity index (χ1n) is 8.86. The molecule has 1 atom stereocenters. The molecule has 1 saturated heterocycles. The Labute approximate surface area is 134 Å². The van der Waals surface area contributed by atoms with E-state index in [1.54, 1.807) is 0 Å². The number of hydrogen-bond acceptors (Lipinski definition) is 2. The van der Waals surface area contributed by atoms with Gasteiger partial charge in [0.25, 0.3) is 0 Å². The van der Waals surface area contributed by atoms with E-state index in [1.807, 2.05) is 0 Å². The van der Waals surface area contributed by atoms with Crippen molar-refractivity contribution in [2.45, 2.75) is 57.9 Å². The molecule has 0 saturated carbocycles. The Morgan fingerprint density at radius 1 is 1.09 bits per heavy atom. The maximum absolute atomic E-state index is 12.2. The third-order valence-corrected chi connectivity index (χ3v) is 5.07. The second-order valence-corrected chi connectivity index (χ2v) is 6.86. The van der Waals surface area contributed by atoms with Gasteiger partial charge >= 0.3 is 0 Å². The number of carbonyl (C=O) groups is 1. The van der Waals surface area contributed by atoms with E-state index in [1.165, 1.54) is 61.6 Å². The fourth-order valence-corrected chi connectivity index (χ4v) is 3.71. The van der Waals surface area contributed by atoms with Gasteiger partial charge in [0, 0.05) is 0 Å². The molecule has 1 amide bonds. The van der Waals surface area contributed by atoms with Crippen molar-refractivity contribution in [1.29, 1.82) is 0 Å². The van der Waals surface area contributed by atoms with Crippen molar-refractivity contribution in [3.63, 3.8) is 0 Å². The lowest BCUT2D eigenvalue weighted by Crippen LogP contribution is -2.40. The van der Waals surface area contributed by atoms with E-state index < -0.39 is 0 Å². The molecule has 3 heteroatoms. The van der Waals surface area contributed by atoms with Crippen LogP contribution in [0.1, 0.15) is 61.8 Å². The van der Waals surface area contributed by atoms with Crippen molar-refractivity contribution in [2.24, 2.45) is 0 Å². The number of nitrogens with one attached hydrogen (secondary N) is 1. The number of piperidine rings is 1. The van der Waals surface area contributed by atoms with E-state index in [9.17, 15) is 4.79 Å². The maximum Gasteiger partial charge on any atom is 0.234 e.